The van der Waals surface area contributed by atoms with Crippen molar-refractivity contribution in [1.82, 2.24) is 0 Å². The number of benzene rings is 2. The van der Waals surface area contributed by atoms with Gasteiger partial charge in [0, 0.05) is 28.7 Å². The van der Waals surface area contributed by atoms with Crippen molar-refractivity contribution in [2.24, 2.45) is 0 Å². The Hall–Kier alpha value is -2.35. The lowest BCUT2D eigenvalue weighted by Gasteiger charge is -2.20. The van der Waals surface area contributed by atoms with Crippen LogP contribution in [0.2, 0.25) is 0 Å². The Morgan fingerprint density at radius 1 is 1.20 bits per heavy atom. The molecule has 20 heavy (non-hydrogen) atoms. The van der Waals surface area contributed by atoms with Gasteiger partial charge in [0.2, 0.25) is 0 Å². The summed E-state index contributed by atoms with van der Waals surface area (Å²) in [6.07, 6.45) is 0.744. The van der Waals surface area contributed by atoms with E-state index in [1.807, 2.05) is 31.2 Å². The summed E-state index contributed by atoms with van der Waals surface area (Å²) in [4.78, 5) is 12.5. The molecule has 0 amide bonds. The topological polar surface area (TPSA) is 26.3 Å². The highest BCUT2D eigenvalue weighted by Gasteiger charge is 2.36. The van der Waals surface area contributed by atoms with Gasteiger partial charge in [0.25, 0.3) is 0 Å². The fourth-order valence-electron chi connectivity index (χ4n) is 3.20. The van der Waals surface area contributed by atoms with Gasteiger partial charge in [-0.3, -0.25) is 4.79 Å². The molecule has 0 fully saturated rings. The van der Waals surface area contributed by atoms with Crippen molar-refractivity contribution >= 4 is 27.9 Å². The van der Waals surface area contributed by atoms with Gasteiger partial charge in [0.05, 0.1) is 0 Å². The molecule has 0 aromatic heterocycles. The maximum Gasteiger partial charge on any atom is 0.192 e. The van der Waals surface area contributed by atoms with Crippen LogP contribution in [0.5, 0.6) is 0 Å². The predicted molar refractivity (Wildman–Crippen MR) is 80.1 cm³/mol. The van der Waals surface area contributed by atoms with Crippen LogP contribution in [0.25, 0.3) is 22.1 Å². The van der Waals surface area contributed by atoms with Crippen LogP contribution in [0.15, 0.2) is 48.6 Å². The van der Waals surface area contributed by atoms with Gasteiger partial charge in [0.15, 0.2) is 5.78 Å². The molecule has 2 aromatic rings. The maximum absolute atomic E-state index is 12.5. The zero-order valence-electron chi connectivity index (χ0n) is 11.3. The average Bonchev–Trinajstić information content (AvgIpc) is 2.86. The molecule has 0 N–H and O–H groups in total. The second kappa shape index (κ2) is 3.83. The highest BCUT2D eigenvalue weighted by molar-refractivity contribution is 6.35. The number of fused-ring (bicyclic) bond motifs is 4. The van der Waals surface area contributed by atoms with Crippen LogP contribution in [-0.4, -0.2) is 11.9 Å². The minimum Gasteiger partial charge on any atom is -0.489 e. The van der Waals surface area contributed by atoms with Crippen molar-refractivity contribution in [3.05, 3.63) is 59.7 Å². The third-order valence-corrected chi connectivity index (χ3v) is 4.11. The van der Waals surface area contributed by atoms with Crippen molar-refractivity contribution < 1.29 is 9.53 Å². The Labute approximate surface area is 117 Å². The summed E-state index contributed by atoms with van der Waals surface area (Å²) in [5, 5.41) is 2.19. The minimum absolute atomic E-state index is 0.0354. The normalized spacial score (nSPS) is 20.9. The molecule has 2 nitrogen and oxygen atoms in total. The largest absolute Gasteiger partial charge is 0.489 e. The molecule has 1 heterocycles. The van der Waals surface area contributed by atoms with E-state index in [0.717, 1.165) is 33.2 Å². The molecular formula is C18H14O2. The molecule has 1 aliphatic carbocycles. The molecule has 0 spiro atoms. The van der Waals surface area contributed by atoms with Crippen molar-refractivity contribution in [3.63, 3.8) is 0 Å². The average molecular weight is 262 g/mol. The molecule has 1 unspecified atom stereocenters. The molecule has 0 saturated heterocycles. The summed E-state index contributed by atoms with van der Waals surface area (Å²) >= 11 is 0. The van der Waals surface area contributed by atoms with Crippen LogP contribution in [0.4, 0.5) is 0 Å². The lowest BCUT2D eigenvalue weighted by molar-refractivity contribution is -0.110. The standard InChI is InChI=1S/C18H14O2/c1-10-9-15-17(19)11(2)16-13-6-4-3-5-12(13)7-8-14(16)18(15)20-10/h3-8,10H,2,9H2,1H3. The summed E-state index contributed by atoms with van der Waals surface area (Å²) in [7, 11) is 0. The lowest BCUT2D eigenvalue weighted by atomic mass is 9.83. The SMILES string of the molecule is C=C1C(=O)C2=C(OC(C)C2)c2ccc3ccccc3c21. The monoisotopic (exact) mass is 262 g/mol. The number of ketones is 1. The third kappa shape index (κ3) is 1.36. The molecule has 0 saturated carbocycles. The molecule has 0 bridgehead atoms. The summed E-state index contributed by atoms with van der Waals surface area (Å²) in [5.41, 5.74) is 3.31. The summed E-state index contributed by atoms with van der Waals surface area (Å²) in [6, 6.07) is 12.2. The van der Waals surface area contributed by atoms with Gasteiger partial charge in [-0.1, -0.05) is 36.9 Å². The summed E-state index contributed by atoms with van der Waals surface area (Å²) < 4.78 is 5.88. The predicted octanol–water partition coefficient (Wildman–Crippen LogP) is 3.96. The number of rotatable bonds is 0. The van der Waals surface area contributed by atoms with Crippen LogP contribution in [-0.2, 0) is 9.53 Å². The van der Waals surface area contributed by atoms with E-state index in [2.05, 4.69) is 18.7 Å². The minimum atomic E-state index is 0.0354. The zero-order chi connectivity index (χ0) is 13.9. The Bertz CT molecular complexity index is 811. The first-order valence-electron chi connectivity index (χ1n) is 6.82. The number of hydrogen-bond donors (Lipinski definition) is 0. The molecule has 2 heteroatoms. The fourth-order valence-corrected chi connectivity index (χ4v) is 3.20. The van der Waals surface area contributed by atoms with Crippen LogP contribution in [0, 0.1) is 0 Å². The quantitative estimate of drug-likeness (QED) is 0.672. The van der Waals surface area contributed by atoms with Crippen LogP contribution in [0.1, 0.15) is 24.5 Å². The van der Waals surface area contributed by atoms with Gasteiger partial charge in [-0.05, 0) is 23.8 Å². The van der Waals surface area contributed by atoms with E-state index in [-0.39, 0.29) is 11.9 Å². The first-order valence-corrected chi connectivity index (χ1v) is 6.82. The number of allylic oxidation sites excluding steroid dienone is 1. The Kier molecular flexibility index (Phi) is 2.19. The van der Waals surface area contributed by atoms with Crippen LogP contribution < -0.4 is 0 Å². The number of Topliss-reactive ketones (excluding diaryl/α,β-unsaturated/α-hetero) is 1. The van der Waals surface area contributed by atoms with Crippen molar-refractivity contribution in [2.75, 3.05) is 0 Å². The number of carbonyl (C=O) groups excluding carboxylic acids is 1. The van der Waals surface area contributed by atoms with Gasteiger partial charge in [-0.25, -0.2) is 0 Å². The highest BCUT2D eigenvalue weighted by Crippen LogP contribution is 2.44. The van der Waals surface area contributed by atoms with E-state index in [9.17, 15) is 4.79 Å². The highest BCUT2D eigenvalue weighted by atomic mass is 16.5. The van der Waals surface area contributed by atoms with E-state index in [1.165, 1.54) is 0 Å². The molecule has 1 atom stereocenters. The zero-order valence-corrected chi connectivity index (χ0v) is 11.3. The first-order chi connectivity index (χ1) is 9.66. The van der Waals surface area contributed by atoms with E-state index in [4.69, 9.17) is 4.74 Å². The maximum atomic E-state index is 12.5. The van der Waals surface area contributed by atoms with Gasteiger partial charge in [-0.2, -0.15) is 0 Å². The van der Waals surface area contributed by atoms with E-state index < -0.39 is 0 Å². The van der Waals surface area contributed by atoms with Gasteiger partial charge in [0.1, 0.15) is 11.9 Å². The van der Waals surface area contributed by atoms with Gasteiger partial charge >= 0.3 is 0 Å². The van der Waals surface area contributed by atoms with Gasteiger partial charge < -0.3 is 4.74 Å². The number of ether oxygens (including phenoxy) is 1. The Morgan fingerprint density at radius 3 is 2.85 bits per heavy atom. The molecular weight excluding hydrogens is 248 g/mol. The van der Waals surface area contributed by atoms with Crippen molar-refractivity contribution in [2.45, 2.75) is 19.4 Å². The van der Waals surface area contributed by atoms with E-state index in [1.54, 1.807) is 0 Å². The second-order valence-corrected chi connectivity index (χ2v) is 5.46. The number of hydrogen-bond acceptors (Lipinski definition) is 2. The van der Waals surface area contributed by atoms with Crippen LogP contribution in [0.3, 0.4) is 0 Å². The summed E-state index contributed by atoms with van der Waals surface area (Å²) in [6.45, 7) is 6.03. The molecule has 98 valence electrons. The van der Waals surface area contributed by atoms with E-state index in [0.29, 0.717) is 12.0 Å². The molecule has 1 aliphatic heterocycles. The Morgan fingerprint density at radius 2 is 2.00 bits per heavy atom. The fraction of sp³-hybridized carbons (Fsp3) is 0.167. The summed E-state index contributed by atoms with van der Waals surface area (Å²) in [5.74, 6) is 0.795. The third-order valence-electron chi connectivity index (χ3n) is 4.11. The first kappa shape index (κ1) is 11.5. The molecule has 2 aliphatic rings. The number of carbonyl (C=O) groups is 1. The van der Waals surface area contributed by atoms with Crippen molar-refractivity contribution in [1.29, 1.82) is 0 Å². The second-order valence-electron chi connectivity index (χ2n) is 5.46. The smallest absolute Gasteiger partial charge is 0.192 e. The van der Waals surface area contributed by atoms with Crippen molar-refractivity contribution in [3.8, 4) is 0 Å². The van der Waals surface area contributed by atoms with Gasteiger partial charge in [-0.15, -0.1) is 0 Å². The van der Waals surface area contributed by atoms with E-state index >= 15 is 0 Å². The van der Waals surface area contributed by atoms with Crippen LogP contribution >= 0.6 is 0 Å². The lowest BCUT2D eigenvalue weighted by Crippen LogP contribution is -2.12. The molecule has 0 radical (unpaired) electrons. The molecule has 2 aromatic carbocycles. The Balaban J connectivity index is 2.09. The molecule has 4 rings (SSSR count).